The van der Waals surface area contributed by atoms with Gasteiger partial charge in [-0.2, -0.15) is 0 Å². The van der Waals surface area contributed by atoms with Crippen LogP contribution >= 0.6 is 0 Å². The number of carbonyl (C=O) groups excluding carboxylic acids is 1. The van der Waals surface area contributed by atoms with Gasteiger partial charge in [0.2, 0.25) is 5.56 Å². The number of ether oxygens (including phenoxy) is 1. The van der Waals surface area contributed by atoms with Gasteiger partial charge in [0.05, 0.1) is 12.1 Å². The maximum atomic E-state index is 13.2. The molecule has 0 spiro atoms. The number of Topliss-reactive ketones (excluding diaryl/α,β-unsaturated/α-hetero) is 1. The average Bonchev–Trinajstić information content (AvgIpc) is 3.23. The van der Waals surface area contributed by atoms with Gasteiger partial charge in [-0.25, -0.2) is 0 Å². The molecule has 1 aliphatic carbocycles. The first-order chi connectivity index (χ1) is 16.5. The maximum Gasteiger partial charge on any atom is 0.248 e. The highest BCUT2D eigenvalue weighted by molar-refractivity contribution is 6.09. The Labute approximate surface area is 198 Å². The van der Waals surface area contributed by atoms with E-state index in [2.05, 4.69) is 36.3 Å². The van der Waals surface area contributed by atoms with Crippen molar-refractivity contribution >= 4 is 16.7 Å². The number of pyridine rings is 1. The number of H-pyrrole nitrogens is 1. The zero-order valence-electron chi connectivity index (χ0n) is 19.5. The Morgan fingerprint density at radius 2 is 1.68 bits per heavy atom. The molecule has 0 saturated carbocycles. The number of fused-ring (bicyclic) bond motifs is 2. The number of aromatic nitrogens is 1. The Morgan fingerprint density at radius 3 is 2.38 bits per heavy atom. The Kier molecular flexibility index (Phi) is 6.03. The lowest BCUT2D eigenvalue weighted by molar-refractivity contribution is 0.0989. The number of aromatic amines is 1. The van der Waals surface area contributed by atoms with Crippen LogP contribution in [0.4, 0.5) is 0 Å². The molecule has 0 amide bonds. The number of carbonyl (C=O) groups is 1. The summed E-state index contributed by atoms with van der Waals surface area (Å²) in [6, 6.07) is 21.3. The third-order valence-corrected chi connectivity index (χ3v) is 6.69. The number of nitrogens with one attached hydrogen (secondary N) is 2. The molecule has 0 fully saturated rings. The lowest BCUT2D eigenvalue weighted by atomic mass is 10.0. The predicted octanol–water partition coefficient (Wildman–Crippen LogP) is 4.66. The van der Waals surface area contributed by atoms with Gasteiger partial charge < -0.3 is 15.0 Å². The number of hydrogen-bond acceptors (Lipinski definition) is 4. The molecule has 1 aliphatic rings. The monoisotopic (exact) mass is 452 g/mol. The fourth-order valence-corrected chi connectivity index (χ4v) is 4.72. The fraction of sp³-hybridized carbons (Fsp3) is 0.241. The normalized spacial score (nSPS) is 13.2. The van der Waals surface area contributed by atoms with Gasteiger partial charge >= 0.3 is 0 Å². The minimum absolute atomic E-state index is 0.00465. The SMILES string of the molecule is Cc1cc2c(cc1C)CC(NCC(=O)c1ccc(OCc3ccccc3)c3[nH]c(=O)ccc13)C2. The summed E-state index contributed by atoms with van der Waals surface area (Å²) in [5, 5.41) is 4.14. The van der Waals surface area contributed by atoms with Crippen molar-refractivity contribution in [3.05, 3.63) is 110 Å². The second-order valence-corrected chi connectivity index (χ2v) is 9.11. The highest BCUT2D eigenvalue weighted by atomic mass is 16.5. The van der Waals surface area contributed by atoms with Crippen LogP contribution in [0.5, 0.6) is 5.75 Å². The summed E-state index contributed by atoms with van der Waals surface area (Å²) in [4.78, 5) is 28.1. The van der Waals surface area contributed by atoms with Crippen molar-refractivity contribution in [2.45, 2.75) is 39.3 Å². The van der Waals surface area contributed by atoms with Gasteiger partial charge in [-0.3, -0.25) is 9.59 Å². The van der Waals surface area contributed by atoms with Crippen molar-refractivity contribution in [2.75, 3.05) is 6.54 Å². The fourth-order valence-electron chi connectivity index (χ4n) is 4.72. The molecule has 5 nitrogen and oxygen atoms in total. The molecule has 5 heteroatoms. The van der Waals surface area contributed by atoms with Crippen molar-refractivity contribution in [1.29, 1.82) is 0 Å². The average molecular weight is 453 g/mol. The van der Waals surface area contributed by atoms with Crippen LogP contribution < -0.4 is 15.6 Å². The first kappa shape index (κ1) is 22.1. The molecule has 5 rings (SSSR count). The molecule has 0 aliphatic heterocycles. The molecule has 0 unspecified atom stereocenters. The van der Waals surface area contributed by atoms with Crippen LogP contribution in [0.3, 0.4) is 0 Å². The van der Waals surface area contributed by atoms with E-state index in [0.29, 0.717) is 28.8 Å². The summed E-state index contributed by atoms with van der Waals surface area (Å²) in [5.74, 6) is 0.549. The zero-order valence-corrected chi connectivity index (χ0v) is 19.5. The summed E-state index contributed by atoms with van der Waals surface area (Å²) < 4.78 is 5.99. The number of ketones is 1. The van der Waals surface area contributed by atoms with Gasteiger partial charge in [0.25, 0.3) is 0 Å². The number of benzene rings is 3. The van der Waals surface area contributed by atoms with Gasteiger partial charge in [-0.05, 0) is 72.7 Å². The van der Waals surface area contributed by atoms with Crippen LogP contribution in [0, 0.1) is 13.8 Å². The van der Waals surface area contributed by atoms with Crippen molar-refractivity contribution in [3.8, 4) is 5.75 Å². The topological polar surface area (TPSA) is 71.2 Å². The second kappa shape index (κ2) is 9.27. The van der Waals surface area contributed by atoms with Crippen molar-refractivity contribution < 1.29 is 9.53 Å². The quantitative estimate of drug-likeness (QED) is 0.400. The summed E-state index contributed by atoms with van der Waals surface area (Å²) >= 11 is 0. The van der Waals surface area contributed by atoms with E-state index in [-0.39, 0.29) is 23.9 Å². The Bertz CT molecular complexity index is 1390. The highest BCUT2D eigenvalue weighted by Crippen LogP contribution is 2.28. The van der Waals surface area contributed by atoms with Gasteiger partial charge in [0.15, 0.2) is 5.78 Å². The third-order valence-electron chi connectivity index (χ3n) is 6.69. The van der Waals surface area contributed by atoms with Gasteiger partial charge in [0.1, 0.15) is 12.4 Å². The van der Waals surface area contributed by atoms with Crippen LogP contribution in [0.2, 0.25) is 0 Å². The predicted molar refractivity (Wildman–Crippen MR) is 135 cm³/mol. The smallest absolute Gasteiger partial charge is 0.248 e. The molecule has 3 aromatic carbocycles. The highest BCUT2D eigenvalue weighted by Gasteiger charge is 2.23. The van der Waals surface area contributed by atoms with E-state index in [4.69, 9.17) is 4.74 Å². The van der Waals surface area contributed by atoms with Gasteiger partial charge in [0, 0.05) is 23.1 Å². The van der Waals surface area contributed by atoms with Crippen LogP contribution in [0.25, 0.3) is 10.9 Å². The first-order valence-corrected chi connectivity index (χ1v) is 11.7. The van der Waals surface area contributed by atoms with Crippen molar-refractivity contribution in [2.24, 2.45) is 0 Å². The zero-order chi connectivity index (χ0) is 23.7. The number of rotatable bonds is 7. The van der Waals surface area contributed by atoms with E-state index in [0.717, 1.165) is 18.4 Å². The molecule has 2 N–H and O–H groups in total. The third kappa shape index (κ3) is 4.52. The standard InChI is InChI=1S/C29H28N2O3/c1-18-12-21-14-23(15-22(21)13-19(18)2)30-16-26(32)24-8-10-27(29-25(24)9-11-28(33)31-29)34-17-20-6-4-3-5-7-20/h3-13,23,30H,14-17H2,1-2H3,(H,31,33). The molecule has 4 aromatic rings. The second-order valence-electron chi connectivity index (χ2n) is 9.11. The van der Waals surface area contributed by atoms with Crippen LogP contribution in [-0.2, 0) is 19.4 Å². The molecule has 0 bridgehead atoms. The number of hydrogen-bond donors (Lipinski definition) is 2. The summed E-state index contributed by atoms with van der Waals surface area (Å²) in [6.07, 6.45) is 1.87. The molecule has 172 valence electrons. The van der Waals surface area contributed by atoms with E-state index in [1.807, 2.05) is 30.3 Å². The summed E-state index contributed by atoms with van der Waals surface area (Å²) in [7, 11) is 0. The Balaban J connectivity index is 1.32. The maximum absolute atomic E-state index is 13.2. The van der Waals surface area contributed by atoms with E-state index in [9.17, 15) is 9.59 Å². The minimum atomic E-state index is -0.228. The first-order valence-electron chi connectivity index (χ1n) is 11.7. The van der Waals surface area contributed by atoms with Crippen molar-refractivity contribution in [1.82, 2.24) is 10.3 Å². The van der Waals surface area contributed by atoms with Crippen LogP contribution in [0.15, 0.2) is 71.5 Å². The lowest BCUT2D eigenvalue weighted by Crippen LogP contribution is -2.34. The minimum Gasteiger partial charge on any atom is -0.487 e. The van der Waals surface area contributed by atoms with Crippen LogP contribution in [-0.4, -0.2) is 23.4 Å². The number of aryl methyl sites for hydroxylation is 2. The van der Waals surface area contributed by atoms with E-state index >= 15 is 0 Å². The molecule has 1 aromatic heterocycles. The largest absolute Gasteiger partial charge is 0.487 e. The molecule has 0 atom stereocenters. The van der Waals surface area contributed by atoms with Gasteiger partial charge in [-0.15, -0.1) is 0 Å². The molecular formula is C29H28N2O3. The molecule has 1 heterocycles. The summed E-state index contributed by atoms with van der Waals surface area (Å²) in [5.41, 5.74) is 7.29. The van der Waals surface area contributed by atoms with Crippen molar-refractivity contribution in [3.63, 3.8) is 0 Å². The van der Waals surface area contributed by atoms with E-state index in [1.54, 1.807) is 18.2 Å². The van der Waals surface area contributed by atoms with E-state index in [1.165, 1.54) is 28.3 Å². The Hall–Kier alpha value is -3.70. The molecule has 0 radical (unpaired) electrons. The van der Waals surface area contributed by atoms with Crippen LogP contribution in [0.1, 0.15) is 38.2 Å². The molecule has 0 saturated heterocycles. The Morgan fingerprint density at radius 1 is 0.971 bits per heavy atom. The van der Waals surface area contributed by atoms with E-state index < -0.39 is 0 Å². The molecular weight excluding hydrogens is 424 g/mol. The summed E-state index contributed by atoms with van der Waals surface area (Å²) in [6.45, 7) is 4.91. The van der Waals surface area contributed by atoms with Gasteiger partial charge in [-0.1, -0.05) is 42.5 Å². The lowest BCUT2D eigenvalue weighted by Gasteiger charge is -2.14. The molecule has 34 heavy (non-hydrogen) atoms.